The Labute approximate surface area is 172 Å². The highest BCUT2D eigenvalue weighted by molar-refractivity contribution is 5.83. The third kappa shape index (κ3) is 4.59. The second-order valence-electron chi connectivity index (χ2n) is 7.29. The van der Waals surface area contributed by atoms with Crippen LogP contribution in [0.1, 0.15) is 23.5 Å². The minimum absolute atomic E-state index is 0.256. The van der Waals surface area contributed by atoms with Gasteiger partial charge in [-0.25, -0.2) is 4.79 Å². The van der Waals surface area contributed by atoms with E-state index in [4.69, 9.17) is 4.42 Å². The first kappa shape index (κ1) is 21.7. The lowest BCUT2D eigenvalue weighted by atomic mass is 9.96. The van der Waals surface area contributed by atoms with Gasteiger partial charge in [-0.2, -0.15) is 13.2 Å². The monoisotopic (exact) mass is 420 g/mol. The molecule has 1 unspecified atom stereocenters. The number of aliphatic hydroxyl groups is 1. The van der Waals surface area contributed by atoms with E-state index in [0.717, 1.165) is 22.4 Å². The second kappa shape index (κ2) is 8.39. The normalized spacial score (nSPS) is 13.8. The highest BCUT2D eigenvalue weighted by Gasteiger charge is 2.56. The van der Waals surface area contributed by atoms with Crippen LogP contribution in [0.25, 0.3) is 10.8 Å². The Morgan fingerprint density at radius 3 is 2.43 bits per heavy atom. The molecule has 2 amide bonds. The lowest BCUT2D eigenvalue weighted by Gasteiger charge is -2.29. The number of fused-ring (bicyclic) bond motifs is 1. The Morgan fingerprint density at radius 1 is 1.10 bits per heavy atom. The van der Waals surface area contributed by atoms with Gasteiger partial charge in [-0.15, -0.1) is 0 Å². The van der Waals surface area contributed by atoms with Gasteiger partial charge in [0.05, 0.1) is 0 Å². The highest BCUT2D eigenvalue weighted by Crippen LogP contribution is 2.42. The standard InChI is InChI=1S/C22H23F3N2O3/c1-15-7-10-19(30-15)21(29,22(23,24)25)11-12-26-20(28)27(2)14-16-8-9-17-5-3-4-6-18(17)13-16/h3-10,13,29H,11-12,14H2,1-2H3,(H,26,28). The maximum atomic E-state index is 13.5. The van der Waals surface area contributed by atoms with Gasteiger partial charge < -0.3 is 19.7 Å². The number of nitrogens with zero attached hydrogens (tertiary/aromatic N) is 1. The molecule has 1 heterocycles. The van der Waals surface area contributed by atoms with Gasteiger partial charge in [0, 0.05) is 26.6 Å². The fourth-order valence-corrected chi connectivity index (χ4v) is 3.23. The van der Waals surface area contributed by atoms with Crippen molar-refractivity contribution in [2.75, 3.05) is 13.6 Å². The summed E-state index contributed by atoms with van der Waals surface area (Å²) in [5.74, 6) is -0.335. The van der Waals surface area contributed by atoms with E-state index in [0.29, 0.717) is 0 Å². The number of hydrogen-bond donors (Lipinski definition) is 2. The van der Waals surface area contributed by atoms with Gasteiger partial charge in [-0.1, -0.05) is 36.4 Å². The van der Waals surface area contributed by atoms with Gasteiger partial charge >= 0.3 is 12.2 Å². The number of urea groups is 1. The van der Waals surface area contributed by atoms with Crippen molar-refractivity contribution in [3.05, 3.63) is 71.7 Å². The smallest absolute Gasteiger partial charge is 0.424 e. The van der Waals surface area contributed by atoms with Crippen LogP contribution in [-0.2, 0) is 12.1 Å². The second-order valence-corrected chi connectivity index (χ2v) is 7.29. The van der Waals surface area contributed by atoms with E-state index in [9.17, 15) is 23.1 Å². The van der Waals surface area contributed by atoms with Gasteiger partial charge in [0.2, 0.25) is 5.60 Å². The third-order valence-corrected chi connectivity index (χ3v) is 4.96. The van der Waals surface area contributed by atoms with Crippen molar-refractivity contribution in [3.8, 4) is 0 Å². The molecule has 0 aliphatic rings. The summed E-state index contributed by atoms with van der Waals surface area (Å²) in [6, 6.07) is 15.5. The molecular formula is C22H23F3N2O3. The summed E-state index contributed by atoms with van der Waals surface area (Å²) in [5, 5.41) is 14.8. The molecule has 2 aromatic carbocycles. The van der Waals surface area contributed by atoms with Crippen LogP contribution in [0, 0.1) is 6.92 Å². The van der Waals surface area contributed by atoms with Crippen molar-refractivity contribution in [3.63, 3.8) is 0 Å². The summed E-state index contributed by atoms with van der Waals surface area (Å²) in [6.45, 7) is 1.40. The van der Waals surface area contributed by atoms with E-state index in [1.54, 1.807) is 7.05 Å². The van der Waals surface area contributed by atoms with Gasteiger partial charge in [0.25, 0.3) is 0 Å². The number of hydrogen-bond acceptors (Lipinski definition) is 3. The quantitative estimate of drug-likeness (QED) is 0.606. The number of amides is 2. The first-order valence-corrected chi connectivity index (χ1v) is 9.43. The highest BCUT2D eigenvalue weighted by atomic mass is 19.4. The van der Waals surface area contributed by atoms with Crippen molar-refractivity contribution >= 4 is 16.8 Å². The number of alkyl halides is 3. The largest absolute Gasteiger partial charge is 0.463 e. The molecule has 8 heteroatoms. The van der Waals surface area contributed by atoms with Crippen LogP contribution in [0.3, 0.4) is 0 Å². The predicted octanol–water partition coefficient (Wildman–Crippen LogP) is 4.72. The Bertz CT molecular complexity index is 1030. The number of aryl methyl sites for hydroxylation is 1. The van der Waals surface area contributed by atoms with Crippen LogP contribution in [0.15, 0.2) is 59.0 Å². The average molecular weight is 420 g/mol. The van der Waals surface area contributed by atoms with E-state index in [-0.39, 0.29) is 18.8 Å². The number of carbonyl (C=O) groups excluding carboxylic acids is 1. The minimum atomic E-state index is -4.95. The van der Waals surface area contributed by atoms with Crippen molar-refractivity contribution in [1.82, 2.24) is 10.2 Å². The molecule has 30 heavy (non-hydrogen) atoms. The van der Waals surface area contributed by atoms with Crippen LogP contribution in [0.2, 0.25) is 0 Å². The molecule has 160 valence electrons. The topological polar surface area (TPSA) is 65.7 Å². The zero-order valence-corrected chi connectivity index (χ0v) is 16.7. The molecule has 1 aromatic heterocycles. The fraction of sp³-hybridized carbons (Fsp3) is 0.318. The molecule has 0 aliphatic carbocycles. The number of benzene rings is 2. The Hall–Kier alpha value is -3.00. The van der Waals surface area contributed by atoms with Crippen LogP contribution in [-0.4, -0.2) is 35.8 Å². The van der Waals surface area contributed by atoms with E-state index in [2.05, 4.69) is 5.32 Å². The Kier molecular flexibility index (Phi) is 6.07. The number of nitrogens with one attached hydrogen (secondary N) is 1. The average Bonchev–Trinajstić information content (AvgIpc) is 3.13. The molecule has 5 nitrogen and oxygen atoms in total. The van der Waals surface area contributed by atoms with Crippen molar-refractivity contribution < 1.29 is 27.5 Å². The summed E-state index contributed by atoms with van der Waals surface area (Å²) in [4.78, 5) is 13.7. The summed E-state index contributed by atoms with van der Waals surface area (Å²) in [5.41, 5.74) is -2.28. The van der Waals surface area contributed by atoms with Crippen LogP contribution < -0.4 is 5.32 Å². The molecule has 1 atom stereocenters. The van der Waals surface area contributed by atoms with E-state index in [1.165, 1.54) is 17.9 Å². The van der Waals surface area contributed by atoms with Gasteiger partial charge in [-0.05, 0) is 41.5 Å². The lowest BCUT2D eigenvalue weighted by Crippen LogP contribution is -2.46. The summed E-state index contributed by atoms with van der Waals surface area (Å²) in [7, 11) is 1.55. The molecule has 0 saturated heterocycles. The molecule has 3 aromatic rings. The SMILES string of the molecule is Cc1ccc(C(O)(CCNC(=O)N(C)Cc2ccc3ccccc3c2)C(F)(F)F)o1. The molecule has 0 spiro atoms. The minimum Gasteiger partial charge on any atom is -0.463 e. The Morgan fingerprint density at radius 2 is 1.80 bits per heavy atom. The van der Waals surface area contributed by atoms with Crippen LogP contribution in [0.5, 0.6) is 0 Å². The maximum Gasteiger partial charge on any atom is 0.424 e. The van der Waals surface area contributed by atoms with E-state index >= 15 is 0 Å². The zero-order chi connectivity index (χ0) is 21.9. The molecule has 0 fully saturated rings. The maximum absolute atomic E-state index is 13.5. The molecule has 3 rings (SSSR count). The summed E-state index contributed by atoms with van der Waals surface area (Å²) in [6.07, 6.45) is -5.71. The van der Waals surface area contributed by atoms with Crippen molar-refractivity contribution in [1.29, 1.82) is 0 Å². The third-order valence-electron chi connectivity index (χ3n) is 4.96. The van der Waals surface area contributed by atoms with Crippen molar-refractivity contribution in [2.24, 2.45) is 0 Å². The van der Waals surface area contributed by atoms with E-state index in [1.807, 2.05) is 42.5 Å². The number of carbonyl (C=O) groups is 1. The fourth-order valence-electron chi connectivity index (χ4n) is 3.23. The predicted molar refractivity (Wildman–Crippen MR) is 107 cm³/mol. The lowest BCUT2D eigenvalue weighted by molar-refractivity contribution is -0.274. The molecule has 0 saturated carbocycles. The molecular weight excluding hydrogens is 397 g/mol. The van der Waals surface area contributed by atoms with Crippen LogP contribution >= 0.6 is 0 Å². The number of furan rings is 1. The zero-order valence-electron chi connectivity index (χ0n) is 16.7. The summed E-state index contributed by atoms with van der Waals surface area (Å²) >= 11 is 0. The van der Waals surface area contributed by atoms with Gasteiger partial charge in [0.1, 0.15) is 11.5 Å². The Balaban J connectivity index is 1.60. The van der Waals surface area contributed by atoms with E-state index < -0.39 is 30.0 Å². The van der Waals surface area contributed by atoms with Gasteiger partial charge in [0.15, 0.2) is 0 Å². The molecule has 0 radical (unpaired) electrons. The molecule has 0 aliphatic heterocycles. The van der Waals surface area contributed by atoms with Crippen molar-refractivity contribution in [2.45, 2.75) is 31.7 Å². The number of halogens is 3. The number of rotatable bonds is 6. The molecule has 2 N–H and O–H groups in total. The van der Waals surface area contributed by atoms with Crippen LogP contribution in [0.4, 0.5) is 18.0 Å². The first-order chi connectivity index (χ1) is 14.1. The first-order valence-electron chi connectivity index (χ1n) is 9.43. The summed E-state index contributed by atoms with van der Waals surface area (Å²) < 4.78 is 45.4. The van der Waals surface area contributed by atoms with Gasteiger partial charge in [-0.3, -0.25) is 0 Å². The molecule has 0 bridgehead atoms.